The van der Waals surface area contributed by atoms with Gasteiger partial charge in [-0.25, -0.2) is 12.9 Å². The van der Waals surface area contributed by atoms with Gasteiger partial charge in [-0.05, 0) is 58.4 Å². The molecule has 0 radical (unpaired) electrons. The van der Waals surface area contributed by atoms with E-state index < -0.39 is 21.7 Å². The molecule has 2 atom stereocenters. The van der Waals surface area contributed by atoms with E-state index in [1.54, 1.807) is 25.1 Å². The molecule has 8 heteroatoms. The molecule has 1 unspecified atom stereocenters. The molecule has 140 valence electrons. The molecule has 1 saturated heterocycles. The lowest BCUT2D eigenvalue weighted by Gasteiger charge is -2.51. The molecule has 1 aliphatic heterocycles. The largest absolute Gasteiger partial charge is 0.514 e. The Balaban J connectivity index is 2.38. The second-order valence-electron chi connectivity index (χ2n) is 7.67. The fourth-order valence-electron chi connectivity index (χ4n) is 3.84. The molecule has 1 aromatic carbocycles. The number of hydrogen-bond acceptors (Lipinski definition) is 3. The van der Waals surface area contributed by atoms with Crippen molar-refractivity contribution in [1.29, 1.82) is 0 Å². The molecule has 0 aromatic heterocycles. The van der Waals surface area contributed by atoms with Gasteiger partial charge in [0.05, 0.1) is 18.0 Å². The van der Waals surface area contributed by atoms with Crippen LogP contribution >= 0.6 is 15.9 Å². The van der Waals surface area contributed by atoms with E-state index in [4.69, 9.17) is 0 Å². The molecule has 1 aliphatic rings. The van der Waals surface area contributed by atoms with Gasteiger partial charge in [0.25, 0.3) is 0 Å². The Morgan fingerprint density at radius 1 is 1.36 bits per heavy atom. The maximum absolute atomic E-state index is 13.1. The van der Waals surface area contributed by atoms with Crippen molar-refractivity contribution in [2.75, 3.05) is 19.6 Å². The van der Waals surface area contributed by atoms with E-state index in [0.29, 0.717) is 5.56 Å². The van der Waals surface area contributed by atoms with E-state index in [-0.39, 0.29) is 35.1 Å². The minimum atomic E-state index is -3.65. The van der Waals surface area contributed by atoms with Crippen molar-refractivity contribution in [3.8, 4) is 0 Å². The predicted octanol–water partition coefficient (Wildman–Crippen LogP) is 3.44. The van der Waals surface area contributed by atoms with E-state index in [0.717, 1.165) is 4.47 Å². The second kappa shape index (κ2) is 6.64. The van der Waals surface area contributed by atoms with Crippen molar-refractivity contribution in [2.45, 2.75) is 51.1 Å². The molecule has 0 aliphatic carbocycles. The molecule has 1 amide bonds. The number of aryl methyl sites for hydroxylation is 1. The Labute approximate surface area is 158 Å². The van der Waals surface area contributed by atoms with Crippen LogP contribution in [0.5, 0.6) is 0 Å². The number of carbonyl (C=O) groups is 1. The zero-order valence-corrected chi connectivity index (χ0v) is 17.7. The topological polar surface area (TPSA) is 74.7 Å². The Morgan fingerprint density at radius 2 is 1.96 bits per heavy atom. The Hall–Kier alpha value is -0.960. The summed E-state index contributed by atoms with van der Waals surface area (Å²) in [6.07, 6.45) is -0.906. The number of hydrogen-bond donors (Lipinski definition) is 1. The summed E-state index contributed by atoms with van der Waals surface area (Å²) in [6, 6.07) is 4.72. The lowest BCUT2D eigenvalue weighted by molar-refractivity contribution is -0.928. The number of carboxylic acid groups (broad SMARTS) is 1. The summed E-state index contributed by atoms with van der Waals surface area (Å²) in [5.41, 5.74) is 0.150. The van der Waals surface area contributed by atoms with Gasteiger partial charge in [0, 0.05) is 4.47 Å². The number of benzene rings is 1. The minimum Gasteiger partial charge on any atom is -0.435 e. The summed E-state index contributed by atoms with van der Waals surface area (Å²) >= 11 is 3.35. The molecule has 1 heterocycles. The second-order valence-corrected chi connectivity index (χ2v) is 10.5. The van der Waals surface area contributed by atoms with Gasteiger partial charge in [-0.2, -0.15) is 9.10 Å². The van der Waals surface area contributed by atoms with Crippen LogP contribution in [0.2, 0.25) is 0 Å². The van der Waals surface area contributed by atoms with Crippen molar-refractivity contribution in [3.63, 3.8) is 0 Å². The van der Waals surface area contributed by atoms with Gasteiger partial charge in [-0.15, -0.1) is 0 Å². The maximum atomic E-state index is 13.1. The Bertz CT molecular complexity index is 788. The van der Waals surface area contributed by atoms with Crippen LogP contribution in [0.15, 0.2) is 27.6 Å². The van der Waals surface area contributed by atoms with Crippen LogP contribution in [0.3, 0.4) is 0 Å². The van der Waals surface area contributed by atoms with Crippen molar-refractivity contribution in [3.05, 3.63) is 28.2 Å². The number of rotatable bonds is 2. The van der Waals surface area contributed by atoms with Crippen molar-refractivity contribution in [2.24, 2.45) is 0 Å². The van der Waals surface area contributed by atoms with Gasteiger partial charge < -0.3 is 5.11 Å². The summed E-state index contributed by atoms with van der Waals surface area (Å²) in [5, 5.41) is 9.87. The number of nitrogens with zero attached hydrogens (tertiary/aromatic N) is 2. The van der Waals surface area contributed by atoms with E-state index in [1.165, 1.54) is 4.31 Å². The first-order valence-electron chi connectivity index (χ1n) is 8.21. The summed E-state index contributed by atoms with van der Waals surface area (Å²) in [6.45, 7) is 9.86. The smallest absolute Gasteiger partial charge is 0.435 e. The van der Waals surface area contributed by atoms with Crippen LogP contribution in [-0.4, -0.2) is 59.6 Å². The zero-order valence-electron chi connectivity index (χ0n) is 15.3. The average molecular weight is 434 g/mol. The number of sulfonamides is 1. The lowest BCUT2D eigenvalue weighted by Crippen LogP contribution is -2.74. The van der Waals surface area contributed by atoms with Crippen molar-refractivity contribution in [1.82, 2.24) is 4.31 Å². The summed E-state index contributed by atoms with van der Waals surface area (Å²) in [7, 11) is -3.65. The molecule has 0 bridgehead atoms. The van der Waals surface area contributed by atoms with Crippen LogP contribution < -0.4 is 0 Å². The molecular weight excluding hydrogens is 408 g/mol. The number of quaternary nitrogens is 1. The number of halogens is 1. The van der Waals surface area contributed by atoms with E-state index in [2.05, 4.69) is 15.9 Å². The van der Waals surface area contributed by atoms with Crippen LogP contribution in [0, 0.1) is 6.92 Å². The highest BCUT2D eigenvalue weighted by Gasteiger charge is 2.55. The SMILES string of the molecule is Cc1cc(Br)ccc1S(=O)(=O)N1CC[N+](C(=O)O)(C(C)(C)C)[C@H](C)C1. The Morgan fingerprint density at radius 3 is 2.40 bits per heavy atom. The highest BCUT2D eigenvalue weighted by molar-refractivity contribution is 9.10. The molecule has 1 fully saturated rings. The number of amides is 1. The van der Waals surface area contributed by atoms with Gasteiger partial charge >= 0.3 is 6.09 Å². The minimum absolute atomic E-state index is 0.141. The first-order valence-corrected chi connectivity index (χ1v) is 10.4. The lowest BCUT2D eigenvalue weighted by atomic mass is 9.96. The van der Waals surface area contributed by atoms with Gasteiger partial charge in [0.2, 0.25) is 10.0 Å². The summed E-state index contributed by atoms with van der Waals surface area (Å²) in [4.78, 5) is 12.3. The maximum Gasteiger partial charge on any atom is 0.514 e. The van der Waals surface area contributed by atoms with E-state index in [1.807, 2.05) is 27.7 Å². The van der Waals surface area contributed by atoms with Crippen molar-refractivity contribution >= 4 is 32.0 Å². The standard InChI is InChI=1S/C17H25BrN2O4S/c1-12-10-14(18)6-7-15(12)25(23,24)19-8-9-20(16(21)22,13(2)11-19)17(3,4)5/h6-7,10,13H,8-9,11H2,1-5H3/p+1/t13-,20?/m1/s1. The van der Waals surface area contributed by atoms with Crippen LogP contribution in [0.1, 0.15) is 33.3 Å². The molecule has 25 heavy (non-hydrogen) atoms. The van der Waals surface area contributed by atoms with Gasteiger partial charge in [0.1, 0.15) is 18.1 Å². The van der Waals surface area contributed by atoms with Gasteiger partial charge in [-0.3, -0.25) is 0 Å². The normalized spacial score (nSPS) is 25.8. The Kier molecular flexibility index (Phi) is 5.41. The van der Waals surface area contributed by atoms with Crippen LogP contribution in [0.4, 0.5) is 4.79 Å². The first kappa shape index (κ1) is 20.4. The van der Waals surface area contributed by atoms with Crippen molar-refractivity contribution < 1.29 is 22.8 Å². The highest BCUT2D eigenvalue weighted by Crippen LogP contribution is 2.34. The monoisotopic (exact) mass is 433 g/mol. The third kappa shape index (κ3) is 3.37. The van der Waals surface area contributed by atoms with E-state index in [9.17, 15) is 18.3 Å². The molecule has 1 aromatic rings. The van der Waals surface area contributed by atoms with Crippen LogP contribution in [0.25, 0.3) is 0 Å². The summed E-state index contributed by atoms with van der Waals surface area (Å²) in [5.74, 6) is 0. The fourth-order valence-corrected chi connectivity index (χ4v) is 6.04. The van der Waals surface area contributed by atoms with E-state index >= 15 is 0 Å². The first-order chi connectivity index (χ1) is 11.3. The van der Waals surface area contributed by atoms with Gasteiger partial charge in [-0.1, -0.05) is 15.9 Å². The zero-order chi connectivity index (χ0) is 19.2. The molecule has 2 rings (SSSR count). The molecular formula is C17H26BrN2O4S+. The molecule has 1 N–H and O–H groups in total. The summed E-state index contributed by atoms with van der Waals surface area (Å²) < 4.78 is 28.2. The molecule has 6 nitrogen and oxygen atoms in total. The fraction of sp³-hybridized carbons (Fsp3) is 0.588. The average Bonchev–Trinajstić information content (AvgIpc) is 2.44. The third-order valence-electron chi connectivity index (χ3n) is 5.22. The molecule has 0 spiro atoms. The van der Waals surface area contributed by atoms with Gasteiger partial charge in [0.15, 0.2) is 0 Å². The van der Waals surface area contributed by atoms with Crippen LogP contribution in [-0.2, 0) is 10.0 Å². The number of piperazine rings is 1. The predicted molar refractivity (Wildman–Crippen MR) is 100 cm³/mol. The molecule has 0 saturated carbocycles. The highest BCUT2D eigenvalue weighted by atomic mass is 79.9. The third-order valence-corrected chi connectivity index (χ3v) is 7.73. The quantitative estimate of drug-likeness (QED) is 0.724.